The molecule has 1 aromatic carbocycles. The van der Waals surface area contributed by atoms with Crippen LogP contribution in [-0.2, 0) is 0 Å². The molecule has 16 heavy (non-hydrogen) atoms. The Morgan fingerprint density at radius 3 is 2.88 bits per heavy atom. The Bertz CT molecular complexity index is 480. The number of rotatable bonds is 3. The second-order valence-electron chi connectivity index (χ2n) is 3.77. The van der Waals surface area contributed by atoms with Gasteiger partial charge in [-0.2, -0.15) is 4.98 Å². The van der Waals surface area contributed by atoms with Crippen LogP contribution in [0, 0.1) is 0 Å². The number of hydrogen-bond acceptors (Lipinski definition) is 5. The van der Waals surface area contributed by atoms with Crippen LogP contribution in [0.25, 0.3) is 11.4 Å². The van der Waals surface area contributed by atoms with E-state index < -0.39 is 0 Å². The quantitative estimate of drug-likeness (QED) is 0.828. The molecule has 0 unspecified atom stereocenters. The number of hydrogen-bond donors (Lipinski definition) is 2. The number of aromatic nitrogens is 2. The van der Waals surface area contributed by atoms with Crippen LogP contribution in [0.2, 0.25) is 0 Å². The standard InChI is InChI=1S/C11H13N3O2/c1-7(2)12-11-13-10(14-16-11)8-4-3-5-9(15)6-8/h3-7,15H,1-2H3,(H,12,13,14). The zero-order valence-corrected chi connectivity index (χ0v) is 9.14. The Morgan fingerprint density at radius 2 is 2.19 bits per heavy atom. The van der Waals surface area contributed by atoms with Crippen LogP contribution < -0.4 is 5.32 Å². The third kappa shape index (κ3) is 2.31. The lowest BCUT2D eigenvalue weighted by Crippen LogP contribution is -2.09. The molecule has 0 saturated carbocycles. The minimum absolute atomic E-state index is 0.181. The van der Waals surface area contributed by atoms with Crippen LogP contribution in [0.15, 0.2) is 28.8 Å². The van der Waals surface area contributed by atoms with Crippen molar-refractivity contribution in [2.24, 2.45) is 0 Å². The van der Waals surface area contributed by atoms with Gasteiger partial charge in [-0.05, 0) is 26.0 Å². The van der Waals surface area contributed by atoms with E-state index in [1.807, 2.05) is 19.9 Å². The lowest BCUT2D eigenvalue weighted by Gasteiger charge is -2.01. The van der Waals surface area contributed by atoms with Crippen molar-refractivity contribution in [2.45, 2.75) is 19.9 Å². The Hall–Kier alpha value is -2.04. The average molecular weight is 219 g/mol. The van der Waals surface area contributed by atoms with Crippen molar-refractivity contribution < 1.29 is 9.63 Å². The van der Waals surface area contributed by atoms with E-state index in [1.165, 1.54) is 0 Å². The molecule has 1 heterocycles. The van der Waals surface area contributed by atoms with E-state index in [0.29, 0.717) is 11.8 Å². The van der Waals surface area contributed by atoms with Gasteiger partial charge in [0.1, 0.15) is 5.75 Å². The maximum absolute atomic E-state index is 9.32. The van der Waals surface area contributed by atoms with E-state index in [2.05, 4.69) is 15.5 Å². The van der Waals surface area contributed by atoms with Gasteiger partial charge < -0.3 is 14.9 Å². The predicted octanol–water partition coefficient (Wildman–Crippen LogP) is 2.26. The highest BCUT2D eigenvalue weighted by Crippen LogP contribution is 2.21. The second-order valence-corrected chi connectivity index (χ2v) is 3.77. The first-order chi connectivity index (χ1) is 7.65. The fraction of sp³-hybridized carbons (Fsp3) is 0.273. The molecule has 2 aromatic rings. The Labute approximate surface area is 93.1 Å². The fourth-order valence-electron chi connectivity index (χ4n) is 1.29. The zero-order valence-electron chi connectivity index (χ0n) is 9.14. The molecule has 2 N–H and O–H groups in total. The smallest absolute Gasteiger partial charge is 0.321 e. The summed E-state index contributed by atoms with van der Waals surface area (Å²) in [6.45, 7) is 3.97. The Kier molecular flexibility index (Phi) is 2.76. The monoisotopic (exact) mass is 219 g/mol. The first kappa shape index (κ1) is 10.5. The van der Waals surface area contributed by atoms with Gasteiger partial charge in [0.05, 0.1) is 0 Å². The summed E-state index contributed by atoms with van der Waals surface area (Å²) in [5, 5.41) is 16.2. The Morgan fingerprint density at radius 1 is 1.38 bits per heavy atom. The van der Waals surface area contributed by atoms with Crippen LogP contribution in [-0.4, -0.2) is 21.3 Å². The lowest BCUT2D eigenvalue weighted by molar-refractivity contribution is 0.429. The fourth-order valence-corrected chi connectivity index (χ4v) is 1.29. The van der Waals surface area contributed by atoms with Gasteiger partial charge in [0.25, 0.3) is 0 Å². The predicted molar refractivity (Wildman–Crippen MR) is 60.2 cm³/mol. The average Bonchev–Trinajstić information content (AvgIpc) is 2.65. The van der Waals surface area contributed by atoms with Crippen LogP contribution in [0.4, 0.5) is 6.01 Å². The van der Waals surface area contributed by atoms with Crippen molar-refractivity contribution >= 4 is 6.01 Å². The molecule has 0 aliphatic heterocycles. The molecule has 84 valence electrons. The summed E-state index contributed by atoms with van der Waals surface area (Å²) in [6.07, 6.45) is 0. The molecule has 0 amide bonds. The van der Waals surface area contributed by atoms with Crippen molar-refractivity contribution in [1.29, 1.82) is 0 Å². The molecule has 0 atom stereocenters. The molecule has 0 aliphatic carbocycles. The molecule has 0 fully saturated rings. The van der Waals surface area contributed by atoms with E-state index in [9.17, 15) is 5.11 Å². The molecule has 5 heteroatoms. The minimum atomic E-state index is 0.181. The van der Waals surface area contributed by atoms with Crippen LogP contribution in [0.3, 0.4) is 0 Å². The third-order valence-corrected chi connectivity index (χ3v) is 1.94. The summed E-state index contributed by atoms with van der Waals surface area (Å²) >= 11 is 0. The van der Waals surface area contributed by atoms with Gasteiger partial charge >= 0.3 is 6.01 Å². The first-order valence-corrected chi connectivity index (χ1v) is 5.05. The van der Waals surface area contributed by atoms with Crippen LogP contribution in [0.5, 0.6) is 5.75 Å². The molecule has 5 nitrogen and oxygen atoms in total. The van der Waals surface area contributed by atoms with Crippen molar-refractivity contribution in [3.63, 3.8) is 0 Å². The number of aromatic hydroxyl groups is 1. The van der Waals surface area contributed by atoms with E-state index in [0.717, 1.165) is 5.56 Å². The normalized spacial score (nSPS) is 10.7. The second kappa shape index (κ2) is 4.22. The van der Waals surface area contributed by atoms with E-state index in [-0.39, 0.29) is 11.8 Å². The molecule has 0 spiro atoms. The van der Waals surface area contributed by atoms with E-state index in [1.54, 1.807) is 18.2 Å². The molecule has 0 aliphatic rings. The molecular formula is C11H13N3O2. The highest BCUT2D eigenvalue weighted by atomic mass is 16.5. The van der Waals surface area contributed by atoms with Crippen molar-refractivity contribution in [2.75, 3.05) is 5.32 Å². The molecule has 0 saturated heterocycles. The largest absolute Gasteiger partial charge is 0.508 e. The van der Waals surface area contributed by atoms with Crippen molar-refractivity contribution in [3.05, 3.63) is 24.3 Å². The minimum Gasteiger partial charge on any atom is -0.508 e. The number of phenolic OH excluding ortho intramolecular Hbond substituents is 1. The van der Waals surface area contributed by atoms with Gasteiger partial charge in [0.2, 0.25) is 5.82 Å². The van der Waals surface area contributed by atoms with E-state index in [4.69, 9.17) is 4.52 Å². The van der Waals surface area contributed by atoms with Gasteiger partial charge in [0, 0.05) is 11.6 Å². The van der Waals surface area contributed by atoms with Gasteiger partial charge in [0.15, 0.2) is 0 Å². The SMILES string of the molecule is CC(C)Nc1nc(-c2cccc(O)c2)no1. The summed E-state index contributed by atoms with van der Waals surface area (Å²) in [6, 6.07) is 7.34. The topological polar surface area (TPSA) is 71.2 Å². The molecule has 0 bridgehead atoms. The summed E-state index contributed by atoms with van der Waals surface area (Å²) in [4.78, 5) is 4.16. The van der Waals surface area contributed by atoms with Gasteiger partial charge in [-0.3, -0.25) is 0 Å². The molecular weight excluding hydrogens is 206 g/mol. The number of nitrogens with zero attached hydrogens (tertiary/aromatic N) is 2. The maximum Gasteiger partial charge on any atom is 0.321 e. The maximum atomic E-state index is 9.32. The highest BCUT2D eigenvalue weighted by molar-refractivity contribution is 5.57. The van der Waals surface area contributed by atoms with Gasteiger partial charge in [-0.25, -0.2) is 0 Å². The third-order valence-electron chi connectivity index (χ3n) is 1.94. The number of nitrogens with one attached hydrogen (secondary N) is 1. The summed E-state index contributed by atoms with van der Waals surface area (Å²) in [5.41, 5.74) is 0.723. The first-order valence-electron chi connectivity index (χ1n) is 5.05. The van der Waals surface area contributed by atoms with Crippen molar-refractivity contribution in [1.82, 2.24) is 10.1 Å². The van der Waals surface area contributed by atoms with E-state index >= 15 is 0 Å². The molecule has 1 aromatic heterocycles. The van der Waals surface area contributed by atoms with Crippen molar-refractivity contribution in [3.8, 4) is 17.1 Å². The summed E-state index contributed by atoms with van der Waals surface area (Å²) in [5.74, 6) is 0.639. The van der Waals surface area contributed by atoms with Gasteiger partial charge in [-0.1, -0.05) is 17.3 Å². The lowest BCUT2D eigenvalue weighted by atomic mass is 10.2. The van der Waals surface area contributed by atoms with Crippen LogP contribution in [0.1, 0.15) is 13.8 Å². The molecule has 0 radical (unpaired) electrons. The summed E-state index contributed by atoms with van der Waals surface area (Å²) in [7, 11) is 0. The van der Waals surface area contributed by atoms with Gasteiger partial charge in [-0.15, -0.1) is 0 Å². The number of benzene rings is 1. The molecule has 2 rings (SSSR count). The zero-order chi connectivity index (χ0) is 11.5. The number of anilines is 1. The highest BCUT2D eigenvalue weighted by Gasteiger charge is 2.09. The summed E-state index contributed by atoms with van der Waals surface area (Å²) < 4.78 is 5.02. The Balaban J connectivity index is 2.24. The van der Waals surface area contributed by atoms with Crippen LogP contribution >= 0.6 is 0 Å². The number of phenols is 1.